The van der Waals surface area contributed by atoms with Gasteiger partial charge in [-0.3, -0.25) is 14.5 Å². The third-order valence-electron chi connectivity index (χ3n) is 6.59. The third-order valence-corrected chi connectivity index (χ3v) is 6.59. The van der Waals surface area contributed by atoms with E-state index in [-0.39, 0.29) is 17.4 Å². The number of imidazole rings is 1. The SMILES string of the molecule is CN1CC2(CCN(C(=O)c3cncn3C)CC2)CC1C(=O)N1CCCC1. The average molecular weight is 359 g/mol. The van der Waals surface area contributed by atoms with Crippen LogP contribution in [0.1, 0.15) is 42.6 Å². The molecule has 1 spiro atoms. The van der Waals surface area contributed by atoms with Crippen LogP contribution in [0.25, 0.3) is 0 Å². The van der Waals surface area contributed by atoms with Gasteiger partial charge in [0.1, 0.15) is 5.69 Å². The zero-order chi connectivity index (χ0) is 18.3. The molecule has 3 aliphatic rings. The van der Waals surface area contributed by atoms with Crippen LogP contribution in [0.5, 0.6) is 0 Å². The molecule has 26 heavy (non-hydrogen) atoms. The molecule has 1 atom stereocenters. The maximum Gasteiger partial charge on any atom is 0.272 e. The lowest BCUT2D eigenvalue weighted by molar-refractivity contribution is -0.134. The number of nitrogens with zero attached hydrogens (tertiary/aromatic N) is 5. The minimum absolute atomic E-state index is 0.0208. The first kappa shape index (κ1) is 17.5. The molecule has 3 saturated heterocycles. The van der Waals surface area contributed by atoms with Crippen molar-refractivity contribution in [2.24, 2.45) is 12.5 Å². The lowest BCUT2D eigenvalue weighted by Gasteiger charge is -2.39. The first-order chi connectivity index (χ1) is 12.5. The Kier molecular flexibility index (Phi) is 4.50. The number of aromatic nitrogens is 2. The summed E-state index contributed by atoms with van der Waals surface area (Å²) < 4.78 is 1.78. The summed E-state index contributed by atoms with van der Waals surface area (Å²) in [7, 11) is 3.94. The van der Waals surface area contributed by atoms with E-state index in [1.54, 1.807) is 17.1 Å². The molecule has 1 aromatic heterocycles. The molecular weight excluding hydrogens is 330 g/mol. The van der Waals surface area contributed by atoms with E-state index in [0.29, 0.717) is 11.6 Å². The molecule has 4 heterocycles. The van der Waals surface area contributed by atoms with E-state index in [0.717, 1.165) is 64.8 Å². The molecule has 1 aromatic rings. The fraction of sp³-hybridized carbons (Fsp3) is 0.737. The van der Waals surface area contributed by atoms with E-state index in [4.69, 9.17) is 0 Å². The summed E-state index contributed by atoms with van der Waals surface area (Å²) in [5.41, 5.74) is 0.824. The number of likely N-dealkylation sites (N-methyl/N-ethyl adjacent to an activating group) is 1. The topological polar surface area (TPSA) is 61.7 Å². The van der Waals surface area contributed by atoms with Crippen LogP contribution in [0.15, 0.2) is 12.5 Å². The third kappa shape index (κ3) is 3.02. The van der Waals surface area contributed by atoms with Gasteiger partial charge in [0, 0.05) is 39.8 Å². The van der Waals surface area contributed by atoms with Crippen molar-refractivity contribution in [2.75, 3.05) is 39.8 Å². The van der Waals surface area contributed by atoms with Crippen LogP contribution >= 0.6 is 0 Å². The van der Waals surface area contributed by atoms with Crippen molar-refractivity contribution in [1.29, 1.82) is 0 Å². The molecule has 4 rings (SSSR count). The van der Waals surface area contributed by atoms with Crippen molar-refractivity contribution in [3.63, 3.8) is 0 Å². The highest BCUT2D eigenvalue weighted by Crippen LogP contribution is 2.43. The van der Waals surface area contributed by atoms with Gasteiger partial charge in [-0.1, -0.05) is 0 Å². The summed E-state index contributed by atoms with van der Waals surface area (Å²) in [6.07, 6.45) is 8.47. The molecule has 0 aliphatic carbocycles. The second-order valence-corrected chi connectivity index (χ2v) is 8.35. The zero-order valence-corrected chi connectivity index (χ0v) is 15.9. The molecular formula is C19H29N5O2. The Morgan fingerprint density at radius 1 is 1.08 bits per heavy atom. The Morgan fingerprint density at radius 3 is 2.38 bits per heavy atom. The van der Waals surface area contributed by atoms with Gasteiger partial charge in [0.05, 0.1) is 18.6 Å². The molecule has 0 radical (unpaired) electrons. The van der Waals surface area contributed by atoms with Crippen molar-refractivity contribution < 1.29 is 9.59 Å². The molecule has 0 aromatic carbocycles. The Bertz CT molecular complexity index is 686. The molecule has 1 unspecified atom stereocenters. The second-order valence-electron chi connectivity index (χ2n) is 8.35. The predicted molar refractivity (Wildman–Crippen MR) is 97.6 cm³/mol. The Balaban J connectivity index is 1.38. The normalized spacial score (nSPS) is 26.0. The smallest absolute Gasteiger partial charge is 0.272 e. The number of carbonyl (C=O) groups excluding carboxylic acids is 2. The standard InChI is InChI=1S/C19H29N5O2/c1-21-13-19(11-15(21)17(25)23-7-3-4-8-23)5-9-24(10-6-19)18(26)16-12-20-14-22(16)2/h12,14-15H,3-11,13H2,1-2H3. The molecule has 7 nitrogen and oxygen atoms in total. The van der Waals surface area contributed by atoms with Gasteiger partial charge in [-0.2, -0.15) is 0 Å². The molecule has 7 heteroatoms. The highest BCUT2D eigenvalue weighted by atomic mass is 16.2. The van der Waals surface area contributed by atoms with Crippen LogP contribution in [-0.4, -0.2) is 81.9 Å². The van der Waals surface area contributed by atoms with Crippen LogP contribution in [0.2, 0.25) is 0 Å². The van der Waals surface area contributed by atoms with Crippen LogP contribution < -0.4 is 0 Å². The first-order valence-electron chi connectivity index (χ1n) is 9.74. The summed E-state index contributed by atoms with van der Waals surface area (Å²) in [4.78, 5) is 35.8. The number of carbonyl (C=O) groups is 2. The van der Waals surface area contributed by atoms with Gasteiger partial charge in [0.15, 0.2) is 0 Å². The number of amides is 2. The van der Waals surface area contributed by atoms with Crippen LogP contribution in [0.4, 0.5) is 0 Å². The number of hydrogen-bond donors (Lipinski definition) is 0. The summed E-state index contributed by atoms with van der Waals surface area (Å²) >= 11 is 0. The van der Waals surface area contributed by atoms with Crippen molar-refractivity contribution >= 4 is 11.8 Å². The summed E-state index contributed by atoms with van der Waals surface area (Å²) in [5.74, 6) is 0.381. The van der Waals surface area contributed by atoms with Gasteiger partial charge in [0.2, 0.25) is 5.91 Å². The van der Waals surface area contributed by atoms with Gasteiger partial charge in [-0.05, 0) is 44.6 Å². The van der Waals surface area contributed by atoms with Crippen molar-refractivity contribution in [3.05, 3.63) is 18.2 Å². The van der Waals surface area contributed by atoms with E-state index >= 15 is 0 Å². The van der Waals surface area contributed by atoms with E-state index < -0.39 is 0 Å². The molecule has 3 aliphatic heterocycles. The van der Waals surface area contributed by atoms with Gasteiger partial charge in [-0.25, -0.2) is 4.98 Å². The van der Waals surface area contributed by atoms with Crippen molar-refractivity contribution in [3.8, 4) is 0 Å². The average Bonchev–Trinajstić information content (AvgIpc) is 3.36. The molecule has 0 saturated carbocycles. The quantitative estimate of drug-likeness (QED) is 0.789. The Labute approximate surface area is 154 Å². The van der Waals surface area contributed by atoms with Gasteiger partial charge >= 0.3 is 0 Å². The van der Waals surface area contributed by atoms with E-state index in [9.17, 15) is 9.59 Å². The van der Waals surface area contributed by atoms with E-state index in [1.165, 1.54) is 0 Å². The lowest BCUT2D eigenvalue weighted by Crippen LogP contribution is -2.44. The van der Waals surface area contributed by atoms with Crippen molar-refractivity contribution in [1.82, 2.24) is 24.3 Å². The van der Waals surface area contributed by atoms with Gasteiger partial charge in [0.25, 0.3) is 5.91 Å². The fourth-order valence-corrected chi connectivity index (χ4v) is 4.97. The summed E-state index contributed by atoms with van der Waals surface area (Å²) in [6.45, 7) is 4.34. The number of rotatable bonds is 2. The summed E-state index contributed by atoms with van der Waals surface area (Å²) in [5, 5.41) is 0. The Hall–Kier alpha value is -1.89. The minimum atomic E-state index is 0.0208. The highest BCUT2D eigenvalue weighted by Gasteiger charge is 2.48. The maximum atomic E-state index is 12.9. The lowest BCUT2D eigenvalue weighted by atomic mass is 9.76. The monoisotopic (exact) mass is 359 g/mol. The van der Waals surface area contributed by atoms with Crippen LogP contribution in [0.3, 0.4) is 0 Å². The Morgan fingerprint density at radius 2 is 1.77 bits per heavy atom. The zero-order valence-electron chi connectivity index (χ0n) is 15.9. The molecule has 0 bridgehead atoms. The number of piperidine rings is 1. The van der Waals surface area contributed by atoms with Gasteiger partial charge < -0.3 is 14.4 Å². The van der Waals surface area contributed by atoms with Crippen molar-refractivity contribution in [2.45, 2.75) is 38.1 Å². The maximum absolute atomic E-state index is 12.9. The first-order valence-corrected chi connectivity index (χ1v) is 9.74. The molecule has 142 valence electrons. The van der Waals surface area contributed by atoms with Gasteiger partial charge in [-0.15, -0.1) is 0 Å². The second kappa shape index (κ2) is 6.68. The number of aryl methyl sites for hydroxylation is 1. The molecule has 2 amide bonds. The minimum Gasteiger partial charge on any atom is -0.341 e. The predicted octanol–water partition coefficient (Wildman–Crippen LogP) is 0.969. The number of hydrogen-bond acceptors (Lipinski definition) is 4. The largest absolute Gasteiger partial charge is 0.341 e. The fourth-order valence-electron chi connectivity index (χ4n) is 4.97. The molecule has 0 N–H and O–H groups in total. The van der Waals surface area contributed by atoms with Crippen LogP contribution in [0, 0.1) is 5.41 Å². The highest BCUT2D eigenvalue weighted by molar-refractivity contribution is 5.92. The summed E-state index contributed by atoms with van der Waals surface area (Å²) in [6, 6.07) is 0.0208. The van der Waals surface area contributed by atoms with E-state index in [1.807, 2.05) is 16.8 Å². The van der Waals surface area contributed by atoms with Crippen LogP contribution in [-0.2, 0) is 11.8 Å². The van der Waals surface area contributed by atoms with E-state index in [2.05, 4.69) is 16.9 Å². The number of likely N-dealkylation sites (tertiary alicyclic amines) is 3. The molecule has 3 fully saturated rings.